The molecule has 0 saturated carbocycles. The fourth-order valence-corrected chi connectivity index (χ4v) is 1.75. The molecule has 0 spiro atoms. The summed E-state index contributed by atoms with van der Waals surface area (Å²) in [7, 11) is 0. The SMILES string of the molecule is O=C(COc1ccccc1[N+](=O)[O-])OCC(=O)N1CCOC1=O. The first kappa shape index (κ1) is 16.2. The Labute approximate surface area is 129 Å². The molecule has 0 atom stereocenters. The number of esters is 1. The van der Waals surface area contributed by atoms with Crippen molar-refractivity contribution in [2.45, 2.75) is 0 Å². The highest BCUT2D eigenvalue weighted by Crippen LogP contribution is 2.25. The van der Waals surface area contributed by atoms with E-state index in [0.29, 0.717) is 0 Å². The molecule has 1 aliphatic rings. The van der Waals surface area contributed by atoms with E-state index in [4.69, 9.17) is 4.74 Å². The van der Waals surface area contributed by atoms with Gasteiger partial charge >= 0.3 is 17.7 Å². The molecule has 2 amide bonds. The quantitative estimate of drug-likeness (QED) is 0.420. The standard InChI is InChI=1S/C13H12N2O8/c16-11(14-5-6-21-13(14)18)7-23-12(17)8-22-10-4-2-1-3-9(10)15(19)20/h1-4H,5-8H2. The van der Waals surface area contributed by atoms with Gasteiger partial charge in [-0.3, -0.25) is 14.9 Å². The molecule has 0 aliphatic carbocycles. The third-order valence-corrected chi connectivity index (χ3v) is 2.83. The van der Waals surface area contributed by atoms with E-state index in [0.717, 1.165) is 4.90 Å². The van der Waals surface area contributed by atoms with Crippen LogP contribution in [0.5, 0.6) is 5.75 Å². The van der Waals surface area contributed by atoms with Crippen molar-refractivity contribution >= 4 is 23.7 Å². The minimum atomic E-state index is -0.899. The molecule has 2 rings (SSSR count). The lowest BCUT2D eigenvalue weighted by atomic mass is 10.3. The second-order valence-corrected chi connectivity index (χ2v) is 4.33. The maximum Gasteiger partial charge on any atom is 0.416 e. The Balaban J connectivity index is 1.81. The molecule has 0 radical (unpaired) electrons. The lowest BCUT2D eigenvalue weighted by molar-refractivity contribution is -0.385. The van der Waals surface area contributed by atoms with Crippen molar-refractivity contribution < 1.29 is 33.5 Å². The summed E-state index contributed by atoms with van der Waals surface area (Å²) in [5.74, 6) is -1.71. The van der Waals surface area contributed by atoms with Crippen LogP contribution >= 0.6 is 0 Å². The minimum absolute atomic E-state index is 0.0936. The molecule has 122 valence electrons. The molecular formula is C13H12N2O8. The zero-order valence-corrected chi connectivity index (χ0v) is 11.8. The number of rotatable bonds is 6. The number of ether oxygens (including phenoxy) is 3. The van der Waals surface area contributed by atoms with Crippen molar-refractivity contribution in [2.24, 2.45) is 0 Å². The first-order chi connectivity index (χ1) is 11.0. The number of nitro benzene ring substituents is 1. The van der Waals surface area contributed by atoms with Crippen LogP contribution in [-0.2, 0) is 19.1 Å². The first-order valence-corrected chi connectivity index (χ1v) is 6.48. The van der Waals surface area contributed by atoms with Crippen LogP contribution < -0.4 is 4.74 Å². The summed E-state index contributed by atoms with van der Waals surface area (Å²) >= 11 is 0. The fraction of sp³-hybridized carbons (Fsp3) is 0.308. The van der Waals surface area contributed by atoms with E-state index in [2.05, 4.69) is 9.47 Å². The molecule has 1 heterocycles. The minimum Gasteiger partial charge on any atom is -0.475 e. The predicted molar refractivity (Wildman–Crippen MR) is 72.6 cm³/mol. The van der Waals surface area contributed by atoms with E-state index in [1.165, 1.54) is 24.3 Å². The molecule has 10 nitrogen and oxygen atoms in total. The Morgan fingerprint density at radius 3 is 2.70 bits per heavy atom. The molecule has 10 heteroatoms. The fourth-order valence-electron chi connectivity index (χ4n) is 1.75. The lowest BCUT2D eigenvalue weighted by Crippen LogP contribution is -2.35. The molecule has 0 aromatic heterocycles. The Morgan fingerprint density at radius 2 is 2.04 bits per heavy atom. The van der Waals surface area contributed by atoms with Gasteiger partial charge in [-0.2, -0.15) is 0 Å². The summed E-state index contributed by atoms with van der Waals surface area (Å²) in [6.45, 7) is -1.06. The van der Waals surface area contributed by atoms with Crippen LogP contribution in [0.15, 0.2) is 24.3 Å². The Hall–Kier alpha value is -3.17. The Morgan fingerprint density at radius 1 is 1.30 bits per heavy atom. The Bertz CT molecular complexity index is 645. The van der Waals surface area contributed by atoms with Crippen LogP contribution in [-0.4, -0.2) is 54.2 Å². The van der Waals surface area contributed by atoms with Gasteiger partial charge in [0.05, 0.1) is 11.5 Å². The summed E-state index contributed by atoms with van der Waals surface area (Å²) in [5, 5.41) is 10.8. The second-order valence-electron chi connectivity index (χ2n) is 4.33. The zero-order valence-electron chi connectivity index (χ0n) is 11.8. The van der Waals surface area contributed by atoms with E-state index >= 15 is 0 Å². The van der Waals surface area contributed by atoms with Crippen LogP contribution in [0.1, 0.15) is 0 Å². The summed E-state index contributed by atoms with van der Waals surface area (Å²) < 4.78 is 14.2. The van der Waals surface area contributed by atoms with Crippen LogP contribution in [0, 0.1) is 10.1 Å². The molecule has 0 N–H and O–H groups in total. The first-order valence-electron chi connectivity index (χ1n) is 6.48. The number of carbonyl (C=O) groups excluding carboxylic acids is 3. The number of hydrogen-bond donors (Lipinski definition) is 0. The van der Waals surface area contributed by atoms with Crippen molar-refractivity contribution in [1.29, 1.82) is 0 Å². The molecule has 1 aliphatic heterocycles. The normalized spacial score (nSPS) is 13.4. The predicted octanol–water partition coefficient (Wildman–Crippen LogP) is 0.496. The van der Waals surface area contributed by atoms with Gasteiger partial charge in [0.2, 0.25) is 0 Å². The average molecular weight is 324 g/mol. The molecule has 23 heavy (non-hydrogen) atoms. The van der Waals surface area contributed by atoms with Crippen molar-refractivity contribution in [3.8, 4) is 5.75 Å². The van der Waals surface area contributed by atoms with E-state index in [9.17, 15) is 24.5 Å². The number of carbonyl (C=O) groups is 3. The highest BCUT2D eigenvalue weighted by Gasteiger charge is 2.29. The summed E-state index contributed by atoms with van der Waals surface area (Å²) in [6.07, 6.45) is -0.790. The van der Waals surface area contributed by atoms with Gasteiger partial charge in [-0.15, -0.1) is 0 Å². The maximum absolute atomic E-state index is 11.6. The van der Waals surface area contributed by atoms with Crippen molar-refractivity contribution in [3.63, 3.8) is 0 Å². The van der Waals surface area contributed by atoms with Crippen molar-refractivity contribution in [1.82, 2.24) is 4.90 Å². The smallest absolute Gasteiger partial charge is 0.416 e. The number of benzene rings is 1. The largest absolute Gasteiger partial charge is 0.475 e. The molecule has 1 saturated heterocycles. The lowest BCUT2D eigenvalue weighted by Gasteiger charge is -2.11. The van der Waals surface area contributed by atoms with Gasteiger partial charge in [0.15, 0.2) is 19.0 Å². The van der Waals surface area contributed by atoms with Crippen LogP contribution in [0.25, 0.3) is 0 Å². The summed E-state index contributed by atoms with van der Waals surface area (Å²) in [6, 6.07) is 5.52. The maximum atomic E-state index is 11.6. The highest BCUT2D eigenvalue weighted by molar-refractivity contribution is 5.94. The molecule has 1 fully saturated rings. The number of para-hydroxylation sites is 2. The zero-order chi connectivity index (χ0) is 16.8. The monoisotopic (exact) mass is 324 g/mol. The van der Waals surface area contributed by atoms with Gasteiger partial charge in [-0.1, -0.05) is 12.1 Å². The number of amides is 2. The third kappa shape index (κ3) is 4.15. The van der Waals surface area contributed by atoms with Gasteiger partial charge in [-0.05, 0) is 6.07 Å². The van der Waals surface area contributed by atoms with Gasteiger partial charge in [-0.25, -0.2) is 14.5 Å². The van der Waals surface area contributed by atoms with Gasteiger partial charge in [0.25, 0.3) is 5.91 Å². The van der Waals surface area contributed by atoms with Crippen molar-refractivity contribution in [3.05, 3.63) is 34.4 Å². The summed E-state index contributed by atoms with van der Waals surface area (Å²) in [5.41, 5.74) is -0.295. The number of imide groups is 1. The van der Waals surface area contributed by atoms with Gasteiger partial charge in [0.1, 0.15) is 6.61 Å². The van der Waals surface area contributed by atoms with Gasteiger partial charge < -0.3 is 14.2 Å². The van der Waals surface area contributed by atoms with Crippen LogP contribution in [0.2, 0.25) is 0 Å². The number of nitrogens with zero attached hydrogens (tertiary/aromatic N) is 2. The van der Waals surface area contributed by atoms with E-state index in [1.54, 1.807) is 0 Å². The molecule has 1 aromatic carbocycles. The highest BCUT2D eigenvalue weighted by atomic mass is 16.6. The average Bonchev–Trinajstić information content (AvgIpc) is 2.97. The summed E-state index contributed by atoms with van der Waals surface area (Å²) in [4.78, 5) is 45.2. The topological polar surface area (TPSA) is 125 Å². The van der Waals surface area contributed by atoms with Crippen molar-refractivity contribution in [2.75, 3.05) is 26.4 Å². The number of nitro groups is 1. The molecule has 1 aromatic rings. The molecular weight excluding hydrogens is 312 g/mol. The number of hydrogen-bond acceptors (Lipinski definition) is 8. The van der Waals surface area contributed by atoms with Gasteiger partial charge in [0, 0.05) is 6.07 Å². The molecule has 0 bridgehead atoms. The Kier molecular flexibility index (Phi) is 5.07. The van der Waals surface area contributed by atoms with E-state index < -0.39 is 36.1 Å². The molecule has 0 unspecified atom stereocenters. The number of cyclic esters (lactones) is 1. The van der Waals surface area contributed by atoms with Crippen LogP contribution in [0.4, 0.5) is 10.5 Å². The van der Waals surface area contributed by atoms with Crippen LogP contribution in [0.3, 0.4) is 0 Å². The van der Waals surface area contributed by atoms with E-state index in [-0.39, 0.29) is 24.6 Å². The van der Waals surface area contributed by atoms with E-state index in [1.807, 2.05) is 0 Å². The third-order valence-electron chi connectivity index (χ3n) is 2.83. The second kappa shape index (κ2) is 7.20.